The molecule has 10 atom stereocenters. The second-order valence-corrected chi connectivity index (χ2v) is 14.2. The summed E-state index contributed by atoms with van der Waals surface area (Å²) in [7, 11) is 0. The number of fused-ring (bicyclic) bond motifs is 4. The average Bonchev–Trinajstić information content (AvgIpc) is 3.23. The van der Waals surface area contributed by atoms with Crippen molar-refractivity contribution in [2.24, 2.45) is 51.8 Å². The van der Waals surface area contributed by atoms with Gasteiger partial charge in [-0.2, -0.15) is 0 Å². The van der Waals surface area contributed by atoms with Crippen LogP contribution < -0.4 is 0 Å². The number of carbonyl (C=O) groups is 2. The van der Waals surface area contributed by atoms with Crippen LogP contribution in [0.1, 0.15) is 98.8 Å². The van der Waals surface area contributed by atoms with Gasteiger partial charge in [-0.3, -0.25) is 9.59 Å². The number of cyclic esters (lactones) is 1. The molecule has 3 saturated carbocycles. The maximum absolute atomic E-state index is 13.0. The van der Waals surface area contributed by atoms with Gasteiger partial charge in [0.05, 0.1) is 18.9 Å². The Kier molecular flexibility index (Phi) is 6.74. The molecule has 4 heteroatoms. The molecule has 0 unspecified atom stereocenters. The molecular weight excluding hydrogens is 448 g/mol. The lowest BCUT2D eigenvalue weighted by atomic mass is 9.45. The Labute approximate surface area is 218 Å². The van der Waals surface area contributed by atoms with Gasteiger partial charge in [0.25, 0.3) is 0 Å². The lowest BCUT2D eigenvalue weighted by Crippen LogP contribution is -2.52. The van der Waals surface area contributed by atoms with Gasteiger partial charge in [0.15, 0.2) is 0 Å². The van der Waals surface area contributed by atoms with Crippen molar-refractivity contribution in [1.29, 1.82) is 0 Å². The molecule has 36 heavy (non-hydrogen) atoms. The predicted octanol–water partition coefficient (Wildman–Crippen LogP) is 7.28. The first kappa shape index (κ1) is 26.0. The summed E-state index contributed by atoms with van der Waals surface area (Å²) in [5.74, 6) is 1.83. The Hall–Kier alpha value is -1.58. The highest BCUT2D eigenvalue weighted by Crippen LogP contribution is 2.63. The standard InChI is InChI=1S/C32H48O4/c1-7-30(4)16-13-24-22(18-30)10-12-26-31(5,14-8-15-32(24,26)6)19-35-27(33)17-25-21(3)23-11-9-20(2)28(23)29(34)36-25/h7,10,20-21,23-26,28H,1,8-9,11-19H2,2-6H3/t20-,21+,23+,24-,25-,26-,28+,30-,31-,32+/m0/s1. The van der Waals surface area contributed by atoms with E-state index >= 15 is 0 Å². The minimum Gasteiger partial charge on any atom is -0.465 e. The van der Waals surface area contributed by atoms with E-state index in [2.05, 4.69) is 53.3 Å². The minimum atomic E-state index is -0.345. The summed E-state index contributed by atoms with van der Waals surface area (Å²) in [6.45, 7) is 16.1. The van der Waals surface area contributed by atoms with Crippen molar-refractivity contribution in [3.63, 3.8) is 0 Å². The van der Waals surface area contributed by atoms with Crippen molar-refractivity contribution < 1.29 is 19.1 Å². The van der Waals surface area contributed by atoms with Crippen LogP contribution in [-0.2, 0) is 19.1 Å². The van der Waals surface area contributed by atoms with Gasteiger partial charge >= 0.3 is 11.9 Å². The van der Waals surface area contributed by atoms with E-state index in [0.717, 1.165) is 32.1 Å². The van der Waals surface area contributed by atoms with E-state index in [0.29, 0.717) is 30.3 Å². The lowest BCUT2D eigenvalue weighted by Gasteiger charge is -2.59. The van der Waals surface area contributed by atoms with Crippen LogP contribution in [0.25, 0.3) is 0 Å². The molecule has 0 aromatic heterocycles. The second-order valence-electron chi connectivity index (χ2n) is 14.2. The second kappa shape index (κ2) is 9.31. The van der Waals surface area contributed by atoms with E-state index in [1.807, 2.05) is 0 Å². The Morgan fingerprint density at radius 3 is 2.69 bits per heavy atom. The van der Waals surface area contributed by atoms with Crippen molar-refractivity contribution in [3.8, 4) is 0 Å². The fourth-order valence-corrected chi connectivity index (χ4v) is 9.45. The van der Waals surface area contributed by atoms with E-state index in [1.54, 1.807) is 5.57 Å². The summed E-state index contributed by atoms with van der Waals surface area (Å²) >= 11 is 0. The molecule has 0 aromatic carbocycles. The quantitative estimate of drug-likeness (QED) is 0.296. The number of hydrogen-bond acceptors (Lipinski definition) is 4. The van der Waals surface area contributed by atoms with Crippen LogP contribution in [0.15, 0.2) is 24.3 Å². The van der Waals surface area contributed by atoms with E-state index in [4.69, 9.17) is 9.47 Å². The highest BCUT2D eigenvalue weighted by atomic mass is 16.6. The molecule has 4 nitrogen and oxygen atoms in total. The summed E-state index contributed by atoms with van der Waals surface area (Å²) in [5, 5.41) is 0. The third kappa shape index (κ3) is 4.29. The third-order valence-corrected chi connectivity index (χ3v) is 11.8. The van der Waals surface area contributed by atoms with Gasteiger partial charge in [-0.25, -0.2) is 0 Å². The van der Waals surface area contributed by atoms with Gasteiger partial charge in [0.2, 0.25) is 0 Å². The van der Waals surface area contributed by atoms with Gasteiger partial charge in [0.1, 0.15) is 6.10 Å². The lowest BCUT2D eigenvalue weighted by molar-refractivity contribution is -0.177. The maximum Gasteiger partial charge on any atom is 0.309 e. The monoisotopic (exact) mass is 496 g/mol. The fourth-order valence-electron chi connectivity index (χ4n) is 9.45. The zero-order chi connectivity index (χ0) is 25.9. The number of rotatable bonds is 5. The smallest absolute Gasteiger partial charge is 0.309 e. The normalized spacial score (nSPS) is 48.1. The van der Waals surface area contributed by atoms with E-state index in [9.17, 15) is 9.59 Å². The minimum absolute atomic E-state index is 0.00921. The molecule has 0 aromatic rings. The van der Waals surface area contributed by atoms with Gasteiger partial charge < -0.3 is 9.47 Å². The van der Waals surface area contributed by atoms with Gasteiger partial charge in [0, 0.05) is 5.41 Å². The molecule has 1 heterocycles. The topological polar surface area (TPSA) is 52.6 Å². The van der Waals surface area contributed by atoms with Crippen LogP contribution in [0.2, 0.25) is 0 Å². The maximum atomic E-state index is 13.0. The summed E-state index contributed by atoms with van der Waals surface area (Å²) in [4.78, 5) is 25.7. The van der Waals surface area contributed by atoms with Crippen molar-refractivity contribution in [2.75, 3.05) is 6.61 Å². The molecule has 0 bridgehead atoms. The molecule has 0 radical (unpaired) electrons. The third-order valence-electron chi connectivity index (χ3n) is 11.8. The Bertz CT molecular complexity index is 936. The molecular formula is C32H48O4. The molecule has 4 fully saturated rings. The largest absolute Gasteiger partial charge is 0.465 e. The zero-order valence-corrected chi connectivity index (χ0v) is 23.3. The van der Waals surface area contributed by atoms with Crippen molar-refractivity contribution in [3.05, 3.63) is 24.3 Å². The number of ether oxygens (including phenoxy) is 2. The molecule has 1 saturated heterocycles. The van der Waals surface area contributed by atoms with Crippen molar-refractivity contribution in [1.82, 2.24) is 0 Å². The Morgan fingerprint density at radius 2 is 1.94 bits per heavy atom. The highest BCUT2D eigenvalue weighted by Gasteiger charge is 2.56. The molecule has 4 aliphatic carbocycles. The summed E-state index contributed by atoms with van der Waals surface area (Å²) in [6.07, 6.45) is 14.9. The van der Waals surface area contributed by atoms with Gasteiger partial charge in [-0.15, -0.1) is 6.58 Å². The van der Waals surface area contributed by atoms with E-state index in [-0.39, 0.29) is 52.5 Å². The SMILES string of the molecule is C=C[C@@]1(C)CC[C@H]2C(=CC[C@H]3[C@](C)(COC(=O)C[C@@H]4OC(=O)[C@H]5[C@H](CC[C@@H]5C)[C@H]4C)CCC[C@]23C)C1. The van der Waals surface area contributed by atoms with Crippen LogP contribution in [0, 0.1) is 51.8 Å². The number of allylic oxidation sites excluding steroid dienone is 3. The molecule has 0 N–H and O–H groups in total. The fraction of sp³-hybridized carbons (Fsp3) is 0.812. The van der Waals surface area contributed by atoms with Crippen LogP contribution in [-0.4, -0.2) is 24.6 Å². The first-order chi connectivity index (χ1) is 17.0. The number of carbonyl (C=O) groups excluding carboxylic acids is 2. The van der Waals surface area contributed by atoms with Crippen molar-refractivity contribution in [2.45, 2.75) is 105 Å². The molecule has 0 spiro atoms. The average molecular weight is 497 g/mol. The van der Waals surface area contributed by atoms with Crippen LogP contribution in [0.5, 0.6) is 0 Å². The first-order valence-electron chi connectivity index (χ1n) is 14.7. The summed E-state index contributed by atoms with van der Waals surface area (Å²) in [5.41, 5.74) is 2.14. The number of hydrogen-bond donors (Lipinski definition) is 0. The van der Waals surface area contributed by atoms with Gasteiger partial charge in [-0.1, -0.05) is 58.8 Å². The predicted molar refractivity (Wildman–Crippen MR) is 142 cm³/mol. The van der Waals surface area contributed by atoms with Crippen molar-refractivity contribution >= 4 is 11.9 Å². The molecule has 5 rings (SSSR count). The van der Waals surface area contributed by atoms with Crippen LogP contribution in [0.3, 0.4) is 0 Å². The van der Waals surface area contributed by atoms with Gasteiger partial charge in [-0.05, 0) is 91.8 Å². The molecule has 200 valence electrons. The van der Waals surface area contributed by atoms with Crippen LogP contribution >= 0.6 is 0 Å². The summed E-state index contributed by atoms with van der Waals surface area (Å²) in [6, 6.07) is 0. The zero-order valence-electron chi connectivity index (χ0n) is 23.3. The summed E-state index contributed by atoms with van der Waals surface area (Å²) < 4.78 is 11.8. The Balaban J connectivity index is 1.23. The molecule has 5 aliphatic rings. The van der Waals surface area contributed by atoms with Crippen LogP contribution in [0.4, 0.5) is 0 Å². The molecule has 0 amide bonds. The molecule has 1 aliphatic heterocycles. The number of esters is 2. The van der Waals surface area contributed by atoms with E-state index in [1.165, 1.54) is 25.7 Å². The van der Waals surface area contributed by atoms with E-state index < -0.39 is 0 Å². The highest BCUT2D eigenvalue weighted by molar-refractivity contribution is 5.76. The first-order valence-corrected chi connectivity index (χ1v) is 14.7. The Morgan fingerprint density at radius 1 is 1.17 bits per heavy atom.